The normalized spacial score (nSPS) is 10.3. The maximum atomic E-state index is 12.6. The van der Waals surface area contributed by atoms with Gasteiger partial charge >= 0.3 is 0 Å². The topological polar surface area (TPSA) is 49.4 Å². The number of hydrogen-bond acceptors (Lipinski definition) is 2. The fourth-order valence-corrected chi connectivity index (χ4v) is 2.68. The average molecular weight is 324 g/mol. The largest absolute Gasteiger partial charge is 0.339 e. The lowest BCUT2D eigenvalue weighted by Gasteiger charge is -2.19. The van der Waals surface area contributed by atoms with E-state index in [0.717, 1.165) is 16.8 Å². The van der Waals surface area contributed by atoms with Crippen molar-refractivity contribution in [1.29, 1.82) is 0 Å². The number of hydrogen-bond donors (Lipinski definition) is 1. The SMILES string of the molecule is CCN(CC)C(=O)c1cccc(C(=O)Nc2c(C)cccc2C)c1. The molecule has 0 aliphatic rings. The van der Waals surface area contributed by atoms with Gasteiger partial charge in [-0.3, -0.25) is 9.59 Å². The van der Waals surface area contributed by atoms with Gasteiger partial charge in [-0.25, -0.2) is 0 Å². The predicted molar refractivity (Wildman–Crippen MR) is 97.6 cm³/mol. The van der Waals surface area contributed by atoms with Crippen molar-refractivity contribution >= 4 is 17.5 Å². The number of para-hydroxylation sites is 1. The van der Waals surface area contributed by atoms with Crippen LogP contribution in [0, 0.1) is 13.8 Å². The Labute approximate surface area is 143 Å². The number of aryl methyl sites for hydroxylation is 2. The van der Waals surface area contributed by atoms with Crippen molar-refractivity contribution in [3.8, 4) is 0 Å². The summed E-state index contributed by atoms with van der Waals surface area (Å²) in [6.45, 7) is 9.10. The van der Waals surface area contributed by atoms with Crippen molar-refractivity contribution < 1.29 is 9.59 Å². The van der Waals surface area contributed by atoms with Crippen LogP contribution in [0.4, 0.5) is 5.69 Å². The summed E-state index contributed by atoms with van der Waals surface area (Å²) in [6.07, 6.45) is 0. The van der Waals surface area contributed by atoms with Crippen LogP contribution in [-0.2, 0) is 0 Å². The first-order chi connectivity index (χ1) is 11.5. The molecule has 0 bridgehead atoms. The smallest absolute Gasteiger partial charge is 0.255 e. The number of amides is 2. The van der Waals surface area contributed by atoms with Crippen molar-refractivity contribution in [3.05, 3.63) is 64.7 Å². The lowest BCUT2D eigenvalue weighted by atomic mass is 10.1. The van der Waals surface area contributed by atoms with Crippen molar-refractivity contribution in [3.63, 3.8) is 0 Å². The third-order valence-corrected chi connectivity index (χ3v) is 4.14. The number of carbonyl (C=O) groups is 2. The summed E-state index contributed by atoms with van der Waals surface area (Å²) in [5.41, 5.74) is 3.86. The van der Waals surface area contributed by atoms with Gasteiger partial charge in [0.2, 0.25) is 0 Å². The molecule has 1 N–H and O–H groups in total. The van der Waals surface area contributed by atoms with E-state index in [1.165, 1.54) is 0 Å². The third-order valence-electron chi connectivity index (χ3n) is 4.14. The van der Waals surface area contributed by atoms with Crippen LogP contribution in [0.15, 0.2) is 42.5 Å². The Bertz CT molecular complexity index is 729. The number of anilines is 1. The molecule has 126 valence electrons. The van der Waals surface area contributed by atoms with Gasteiger partial charge in [-0.2, -0.15) is 0 Å². The van der Waals surface area contributed by atoms with E-state index < -0.39 is 0 Å². The second-order valence-corrected chi connectivity index (χ2v) is 5.78. The first-order valence-corrected chi connectivity index (χ1v) is 8.24. The first kappa shape index (κ1) is 17.7. The molecule has 2 rings (SSSR count). The summed E-state index contributed by atoms with van der Waals surface area (Å²) >= 11 is 0. The van der Waals surface area contributed by atoms with Gasteiger partial charge in [0.25, 0.3) is 11.8 Å². The Balaban J connectivity index is 2.25. The van der Waals surface area contributed by atoms with Crippen LogP contribution in [0.5, 0.6) is 0 Å². The van der Waals surface area contributed by atoms with Crippen LogP contribution in [0.3, 0.4) is 0 Å². The molecule has 2 aromatic rings. The van der Waals surface area contributed by atoms with Crippen molar-refractivity contribution in [1.82, 2.24) is 4.90 Å². The van der Waals surface area contributed by atoms with E-state index in [-0.39, 0.29) is 11.8 Å². The van der Waals surface area contributed by atoms with Crippen LogP contribution in [0.2, 0.25) is 0 Å². The molecule has 0 fully saturated rings. The molecule has 2 aromatic carbocycles. The molecular weight excluding hydrogens is 300 g/mol. The number of benzene rings is 2. The minimum Gasteiger partial charge on any atom is -0.339 e. The monoisotopic (exact) mass is 324 g/mol. The number of nitrogens with one attached hydrogen (secondary N) is 1. The molecule has 2 amide bonds. The minimum atomic E-state index is -0.207. The standard InChI is InChI=1S/C20H24N2O2/c1-5-22(6-2)20(24)17-12-8-11-16(13-17)19(23)21-18-14(3)9-7-10-15(18)4/h7-13H,5-6H2,1-4H3,(H,21,23). The van der Waals surface area contributed by atoms with Gasteiger partial charge in [0, 0.05) is 29.9 Å². The molecule has 0 heterocycles. The summed E-state index contributed by atoms with van der Waals surface area (Å²) in [7, 11) is 0. The van der Waals surface area contributed by atoms with Gasteiger partial charge in [-0.1, -0.05) is 24.3 Å². The van der Waals surface area contributed by atoms with Crippen LogP contribution in [-0.4, -0.2) is 29.8 Å². The molecule has 0 saturated carbocycles. The summed E-state index contributed by atoms with van der Waals surface area (Å²) in [4.78, 5) is 26.7. The van der Waals surface area contributed by atoms with E-state index in [4.69, 9.17) is 0 Å². The maximum Gasteiger partial charge on any atom is 0.255 e. The molecule has 0 unspecified atom stereocenters. The molecule has 0 saturated heterocycles. The van der Waals surface area contributed by atoms with Gasteiger partial charge in [0.05, 0.1) is 0 Å². The van der Waals surface area contributed by atoms with E-state index in [0.29, 0.717) is 24.2 Å². The number of carbonyl (C=O) groups excluding carboxylic acids is 2. The summed E-state index contributed by atoms with van der Waals surface area (Å²) < 4.78 is 0. The van der Waals surface area contributed by atoms with Gasteiger partial charge in [-0.15, -0.1) is 0 Å². The van der Waals surface area contributed by atoms with Gasteiger partial charge in [0.1, 0.15) is 0 Å². The second kappa shape index (κ2) is 7.77. The van der Waals surface area contributed by atoms with E-state index in [2.05, 4.69) is 5.32 Å². The highest BCUT2D eigenvalue weighted by molar-refractivity contribution is 6.06. The predicted octanol–water partition coefficient (Wildman–Crippen LogP) is 4.04. The molecule has 0 aliphatic carbocycles. The number of rotatable bonds is 5. The summed E-state index contributed by atoms with van der Waals surface area (Å²) in [5, 5.41) is 2.95. The van der Waals surface area contributed by atoms with Crippen LogP contribution < -0.4 is 5.32 Å². The van der Waals surface area contributed by atoms with Crippen molar-refractivity contribution in [2.24, 2.45) is 0 Å². The molecule has 0 spiro atoms. The highest BCUT2D eigenvalue weighted by Crippen LogP contribution is 2.20. The minimum absolute atomic E-state index is 0.0540. The van der Waals surface area contributed by atoms with Crippen LogP contribution >= 0.6 is 0 Å². The number of nitrogens with zero attached hydrogens (tertiary/aromatic N) is 1. The van der Waals surface area contributed by atoms with Crippen molar-refractivity contribution in [2.45, 2.75) is 27.7 Å². The Morgan fingerprint density at radius 2 is 1.46 bits per heavy atom. The lowest BCUT2D eigenvalue weighted by molar-refractivity contribution is 0.0773. The first-order valence-electron chi connectivity index (χ1n) is 8.24. The van der Waals surface area contributed by atoms with Gasteiger partial charge in [0.15, 0.2) is 0 Å². The van der Waals surface area contributed by atoms with E-state index >= 15 is 0 Å². The summed E-state index contributed by atoms with van der Waals surface area (Å²) in [6, 6.07) is 12.8. The average Bonchev–Trinajstić information content (AvgIpc) is 2.59. The molecule has 0 atom stereocenters. The molecule has 24 heavy (non-hydrogen) atoms. The fourth-order valence-electron chi connectivity index (χ4n) is 2.68. The van der Waals surface area contributed by atoms with E-state index in [1.54, 1.807) is 29.2 Å². The highest BCUT2D eigenvalue weighted by Gasteiger charge is 2.15. The second-order valence-electron chi connectivity index (χ2n) is 5.78. The zero-order valence-corrected chi connectivity index (χ0v) is 14.7. The Morgan fingerprint density at radius 3 is 2.04 bits per heavy atom. The molecule has 4 nitrogen and oxygen atoms in total. The van der Waals surface area contributed by atoms with E-state index in [9.17, 15) is 9.59 Å². The van der Waals surface area contributed by atoms with Crippen LogP contribution in [0.25, 0.3) is 0 Å². The molecule has 0 aromatic heterocycles. The molecule has 4 heteroatoms. The molecule has 0 radical (unpaired) electrons. The van der Waals surface area contributed by atoms with Gasteiger partial charge in [-0.05, 0) is 57.0 Å². The summed E-state index contributed by atoms with van der Waals surface area (Å²) in [5.74, 6) is -0.261. The third kappa shape index (κ3) is 3.82. The van der Waals surface area contributed by atoms with Crippen LogP contribution in [0.1, 0.15) is 45.7 Å². The zero-order chi connectivity index (χ0) is 17.7. The Kier molecular flexibility index (Phi) is 5.74. The van der Waals surface area contributed by atoms with Gasteiger partial charge < -0.3 is 10.2 Å². The maximum absolute atomic E-state index is 12.6. The quantitative estimate of drug-likeness (QED) is 0.902. The lowest BCUT2D eigenvalue weighted by Crippen LogP contribution is -2.30. The fraction of sp³-hybridized carbons (Fsp3) is 0.300. The van der Waals surface area contributed by atoms with E-state index in [1.807, 2.05) is 45.9 Å². The molecule has 0 aliphatic heterocycles. The Hall–Kier alpha value is -2.62. The zero-order valence-electron chi connectivity index (χ0n) is 14.7. The molecular formula is C20H24N2O2. The Morgan fingerprint density at radius 1 is 0.917 bits per heavy atom. The highest BCUT2D eigenvalue weighted by atomic mass is 16.2. The van der Waals surface area contributed by atoms with Crippen molar-refractivity contribution in [2.75, 3.05) is 18.4 Å².